The SMILES string of the molecule is N[C@H]1COC[C@H]1Nc1cccc(C(F)(F)F)c1. The molecule has 17 heavy (non-hydrogen) atoms. The number of halogens is 3. The van der Waals surface area contributed by atoms with Gasteiger partial charge in [-0.25, -0.2) is 0 Å². The van der Waals surface area contributed by atoms with Crippen LogP contribution >= 0.6 is 0 Å². The molecule has 0 bridgehead atoms. The second-order valence-corrected chi connectivity index (χ2v) is 4.03. The average molecular weight is 246 g/mol. The Morgan fingerprint density at radius 1 is 1.29 bits per heavy atom. The van der Waals surface area contributed by atoms with Crippen molar-refractivity contribution in [2.75, 3.05) is 18.5 Å². The molecule has 3 N–H and O–H groups in total. The van der Waals surface area contributed by atoms with E-state index < -0.39 is 11.7 Å². The highest BCUT2D eigenvalue weighted by Crippen LogP contribution is 2.30. The van der Waals surface area contributed by atoms with Gasteiger partial charge in [-0.3, -0.25) is 0 Å². The van der Waals surface area contributed by atoms with Crippen LogP contribution in [0.3, 0.4) is 0 Å². The lowest BCUT2D eigenvalue weighted by Gasteiger charge is -2.17. The van der Waals surface area contributed by atoms with Crippen LogP contribution in [0, 0.1) is 0 Å². The van der Waals surface area contributed by atoms with E-state index in [9.17, 15) is 13.2 Å². The molecule has 1 aliphatic rings. The number of nitrogens with one attached hydrogen (secondary N) is 1. The van der Waals surface area contributed by atoms with Gasteiger partial charge >= 0.3 is 6.18 Å². The number of hydrogen-bond acceptors (Lipinski definition) is 3. The minimum absolute atomic E-state index is 0.140. The Kier molecular flexibility index (Phi) is 3.26. The summed E-state index contributed by atoms with van der Waals surface area (Å²) < 4.78 is 42.6. The summed E-state index contributed by atoms with van der Waals surface area (Å²) in [5.41, 5.74) is 5.48. The third-order valence-electron chi connectivity index (χ3n) is 2.67. The van der Waals surface area contributed by atoms with Crippen LogP contribution in [0.4, 0.5) is 18.9 Å². The predicted octanol–water partition coefficient (Wildman–Crippen LogP) is 1.84. The van der Waals surface area contributed by atoms with Crippen LogP contribution in [0.25, 0.3) is 0 Å². The van der Waals surface area contributed by atoms with Crippen LogP contribution in [0.15, 0.2) is 24.3 Å². The van der Waals surface area contributed by atoms with E-state index >= 15 is 0 Å². The van der Waals surface area contributed by atoms with Crippen LogP contribution in [-0.4, -0.2) is 25.3 Å². The Labute approximate surface area is 96.8 Å². The monoisotopic (exact) mass is 246 g/mol. The van der Waals surface area contributed by atoms with Crippen LogP contribution < -0.4 is 11.1 Å². The highest BCUT2D eigenvalue weighted by molar-refractivity contribution is 5.47. The maximum atomic E-state index is 12.5. The number of ether oxygens (including phenoxy) is 1. The van der Waals surface area contributed by atoms with Gasteiger partial charge in [-0.15, -0.1) is 0 Å². The number of anilines is 1. The van der Waals surface area contributed by atoms with Crippen molar-refractivity contribution in [3.05, 3.63) is 29.8 Å². The number of nitrogens with two attached hydrogens (primary N) is 1. The first kappa shape index (κ1) is 12.2. The molecule has 94 valence electrons. The zero-order valence-corrected chi connectivity index (χ0v) is 9.00. The molecule has 0 spiro atoms. The third kappa shape index (κ3) is 2.89. The Bertz CT molecular complexity index is 395. The summed E-state index contributed by atoms with van der Waals surface area (Å²) in [6, 6.07) is 4.73. The van der Waals surface area contributed by atoms with Crippen molar-refractivity contribution in [2.45, 2.75) is 18.3 Å². The first-order valence-corrected chi connectivity index (χ1v) is 5.24. The van der Waals surface area contributed by atoms with E-state index in [2.05, 4.69) is 5.32 Å². The van der Waals surface area contributed by atoms with Crippen molar-refractivity contribution in [1.82, 2.24) is 0 Å². The van der Waals surface area contributed by atoms with Gasteiger partial charge in [0.25, 0.3) is 0 Å². The highest BCUT2D eigenvalue weighted by atomic mass is 19.4. The molecule has 0 amide bonds. The van der Waals surface area contributed by atoms with E-state index in [4.69, 9.17) is 10.5 Å². The largest absolute Gasteiger partial charge is 0.416 e. The van der Waals surface area contributed by atoms with E-state index in [1.165, 1.54) is 6.07 Å². The molecule has 1 aliphatic heterocycles. The van der Waals surface area contributed by atoms with E-state index in [0.717, 1.165) is 12.1 Å². The fourth-order valence-electron chi connectivity index (χ4n) is 1.72. The first-order valence-electron chi connectivity index (χ1n) is 5.24. The smallest absolute Gasteiger partial charge is 0.378 e. The molecular formula is C11H13F3N2O. The maximum Gasteiger partial charge on any atom is 0.416 e. The molecule has 1 aromatic rings. The molecule has 0 radical (unpaired) electrons. The zero-order chi connectivity index (χ0) is 12.5. The summed E-state index contributed by atoms with van der Waals surface area (Å²) in [6.07, 6.45) is -4.33. The van der Waals surface area contributed by atoms with E-state index in [0.29, 0.717) is 18.9 Å². The molecule has 0 aliphatic carbocycles. The standard InChI is InChI=1S/C11H13F3N2O/c12-11(13,14)7-2-1-3-8(4-7)16-10-6-17-5-9(10)15/h1-4,9-10,16H,5-6,15H2/t9-,10+/m0/s1. The molecule has 6 heteroatoms. The third-order valence-corrected chi connectivity index (χ3v) is 2.67. The number of rotatable bonds is 2. The zero-order valence-electron chi connectivity index (χ0n) is 9.00. The van der Waals surface area contributed by atoms with Gasteiger partial charge in [0.2, 0.25) is 0 Å². The molecule has 2 rings (SSSR count). The van der Waals surface area contributed by atoms with Gasteiger partial charge in [-0.1, -0.05) is 6.07 Å². The summed E-state index contributed by atoms with van der Waals surface area (Å²) in [7, 11) is 0. The molecule has 2 atom stereocenters. The van der Waals surface area contributed by atoms with Gasteiger partial charge < -0.3 is 15.8 Å². The van der Waals surface area contributed by atoms with E-state index in [-0.39, 0.29) is 12.1 Å². The molecule has 0 saturated carbocycles. The van der Waals surface area contributed by atoms with E-state index in [1.54, 1.807) is 6.07 Å². The lowest BCUT2D eigenvalue weighted by molar-refractivity contribution is -0.137. The second kappa shape index (κ2) is 4.54. The normalized spacial score (nSPS) is 24.9. The topological polar surface area (TPSA) is 47.3 Å². The number of hydrogen-bond donors (Lipinski definition) is 2. The van der Waals surface area contributed by atoms with Gasteiger partial charge in [0.05, 0.1) is 30.9 Å². The lowest BCUT2D eigenvalue weighted by atomic mass is 10.1. The fourth-order valence-corrected chi connectivity index (χ4v) is 1.72. The van der Waals surface area contributed by atoms with Crippen LogP contribution in [0.2, 0.25) is 0 Å². The first-order chi connectivity index (χ1) is 7.97. The molecule has 1 saturated heterocycles. The van der Waals surface area contributed by atoms with Crippen molar-refractivity contribution < 1.29 is 17.9 Å². The summed E-state index contributed by atoms with van der Waals surface area (Å²) in [5, 5.41) is 2.95. The Hall–Kier alpha value is -1.27. The summed E-state index contributed by atoms with van der Waals surface area (Å²) in [5.74, 6) is 0. The minimum atomic E-state index is -4.33. The molecule has 0 aromatic heterocycles. The lowest BCUT2D eigenvalue weighted by Crippen LogP contribution is -2.38. The molecule has 1 fully saturated rings. The second-order valence-electron chi connectivity index (χ2n) is 4.03. The Morgan fingerprint density at radius 3 is 2.65 bits per heavy atom. The van der Waals surface area contributed by atoms with Gasteiger partial charge in [0.15, 0.2) is 0 Å². The molecule has 0 unspecified atom stereocenters. The molecule has 3 nitrogen and oxygen atoms in total. The Balaban J connectivity index is 2.11. The van der Waals surface area contributed by atoms with Gasteiger partial charge in [-0.2, -0.15) is 13.2 Å². The van der Waals surface area contributed by atoms with Crippen molar-refractivity contribution in [1.29, 1.82) is 0 Å². The fraction of sp³-hybridized carbons (Fsp3) is 0.455. The molecule has 1 heterocycles. The maximum absolute atomic E-state index is 12.5. The number of benzene rings is 1. The van der Waals surface area contributed by atoms with Gasteiger partial charge in [0, 0.05) is 5.69 Å². The van der Waals surface area contributed by atoms with E-state index in [1.807, 2.05) is 0 Å². The summed E-state index contributed by atoms with van der Waals surface area (Å²) >= 11 is 0. The van der Waals surface area contributed by atoms with Crippen molar-refractivity contribution in [3.63, 3.8) is 0 Å². The van der Waals surface area contributed by atoms with Gasteiger partial charge in [-0.05, 0) is 18.2 Å². The quantitative estimate of drug-likeness (QED) is 0.837. The highest BCUT2D eigenvalue weighted by Gasteiger charge is 2.31. The Morgan fingerprint density at radius 2 is 2.06 bits per heavy atom. The van der Waals surface area contributed by atoms with Crippen LogP contribution in [0.5, 0.6) is 0 Å². The predicted molar refractivity (Wildman–Crippen MR) is 57.6 cm³/mol. The van der Waals surface area contributed by atoms with Crippen LogP contribution in [0.1, 0.15) is 5.56 Å². The minimum Gasteiger partial charge on any atom is -0.378 e. The average Bonchev–Trinajstić information content (AvgIpc) is 2.64. The van der Waals surface area contributed by atoms with Crippen molar-refractivity contribution in [2.24, 2.45) is 5.73 Å². The summed E-state index contributed by atoms with van der Waals surface area (Å²) in [4.78, 5) is 0. The number of alkyl halides is 3. The van der Waals surface area contributed by atoms with Crippen molar-refractivity contribution >= 4 is 5.69 Å². The van der Waals surface area contributed by atoms with Crippen LogP contribution in [-0.2, 0) is 10.9 Å². The van der Waals surface area contributed by atoms with Crippen molar-refractivity contribution in [3.8, 4) is 0 Å². The summed E-state index contributed by atoms with van der Waals surface area (Å²) in [6.45, 7) is 0.841. The molecular weight excluding hydrogens is 233 g/mol. The molecule has 1 aromatic carbocycles. The van der Waals surface area contributed by atoms with Gasteiger partial charge in [0.1, 0.15) is 0 Å².